The Bertz CT molecular complexity index is 148. The molecule has 3 heteroatoms. The minimum Gasteiger partial charge on any atom is -0.394 e. The second-order valence-corrected chi connectivity index (χ2v) is 4.12. The summed E-state index contributed by atoms with van der Waals surface area (Å²) in [6.45, 7) is 8.49. The third kappa shape index (κ3) is 3.56. The van der Waals surface area contributed by atoms with E-state index in [1.54, 1.807) is 0 Å². The van der Waals surface area contributed by atoms with Crippen molar-refractivity contribution in [2.24, 2.45) is 5.92 Å². The lowest BCUT2D eigenvalue weighted by atomic mass is 10.0. The molecule has 3 nitrogen and oxygen atoms in total. The molecule has 0 radical (unpaired) electrons. The second-order valence-electron chi connectivity index (χ2n) is 4.12. The van der Waals surface area contributed by atoms with E-state index >= 15 is 0 Å². The van der Waals surface area contributed by atoms with Crippen LogP contribution in [0, 0.1) is 5.92 Å². The molecule has 1 N–H and O–H groups in total. The number of aliphatic hydroxyl groups is 1. The molecule has 0 aliphatic carbocycles. The van der Waals surface area contributed by atoms with Crippen molar-refractivity contribution in [3.05, 3.63) is 0 Å². The summed E-state index contributed by atoms with van der Waals surface area (Å²) in [4.78, 5) is 2.42. The van der Waals surface area contributed by atoms with Crippen LogP contribution in [0.25, 0.3) is 0 Å². The van der Waals surface area contributed by atoms with Gasteiger partial charge in [-0.3, -0.25) is 4.90 Å². The Morgan fingerprint density at radius 1 is 1.43 bits per heavy atom. The fraction of sp³-hybridized carbons (Fsp3) is 1.00. The summed E-state index contributed by atoms with van der Waals surface area (Å²) in [5.41, 5.74) is 0. The van der Waals surface area contributed by atoms with Crippen LogP contribution in [0.2, 0.25) is 0 Å². The van der Waals surface area contributed by atoms with Crippen molar-refractivity contribution in [3.8, 4) is 0 Å². The Morgan fingerprint density at radius 2 is 2.14 bits per heavy atom. The molecule has 0 aromatic rings. The molecule has 0 saturated carbocycles. The molecular formula is C11H23NO2. The highest BCUT2D eigenvalue weighted by atomic mass is 16.5. The standard InChI is InChI=1S/C11H23NO2/c1-3-10(4-2)7-12-5-6-14-11(8-12)9-13/h10-11,13H,3-9H2,1-2H3. The fourth-order valence-corrected chi connectivity index (χ4v) is 1.97. The van der Waals surface area contributed by atoms with Crippen molar-refractivity contribution < 1.29 is 9.84 Å². The summed E-state index contributed by atoms with van der Waals surface area (Å²) in [6, 6.07) is 0. The normalized spacial score (nSPS) is 24.4. The van der Waals surface area contributed by atoms with Gasteiger partial charge < -0.3 is 9.84 Å². The highest BCUT2D eigenvalue weighted by molar-refractivity contribution is 4.72. The molecule has 1 unspecified atom stereocenters. The largest absolute Gasteiger partial charge is 0.394 e. The Kier molecular flexibility index (Phi) is 5.45. The Hall–Kier alpha value is -0.120. The third-order valence-electron chi connectivity index (χ3n) is 3.10. The molecule has 1 fully saturated rings. The first-order chi connectivity index (χ1) is 6.80. The van der Waals surface area contributed by atoms with Crippen molar-refractivity contribution >= 4 is 0 Å². The van der Waals surface area contributed by atoms with Crippen LogP contribution in [0.4, 0.5) is 0 Å². The number of aliphatic hydroxyl groups excluding tert-OH is 1. The first-order valence-electron chi connectivity index (χ1n) is 5.74. The zero-order valence-corrected chi connectivity index (χ0v) is 9.41. The van der Waals surface area contributed by atoms with Gasteiger partial charge in [-0.2, -0.15) is 0 Å². The van der Waals surface area contributed by atoms with Crippen LogP contribution in [-0.4, -0.2) is 49.0 Å². The number of hydrogen-bond acceptors (Lipinski definition) is 3. The molecule has 1 aliphatic heterocycles. The number of ether oxygens (including phenoxy) is 1. The zero-order valence-electron chi connectivity index (χ0n) is 9.41. The van der Waals surface area contributed by atoms with Gasteiger partial charge in [0.2, 0.25) is 0 Å². The van der Waals surface area contributed by atoms with Gasteiger partial charge in [-0.1, -0.05) is 26.7 Å². The van der Waals surface area contributed by atoms with Crippen molar-refractivity contribution in [1.82, 2.24) is 4.90 Å². The molecule has 0 aromatic heterocycles. The molecule has 1 atom stereocenters. The van der Waals surface area contributed by atoms with Gasteiger partial charge in [-0.25, -0.2) is 0 Å². The van der Waals surface area contributed by atoms with Gasteiger partial charge in [0.25, 0.3) is 0 Å². The SMILES string of the molecule is CCC(CC)CN1CCOC(CO)C1. The molecule has 0 spiro atoms. The first-order valence-corrected chi connectivity index (χ1v) is 5.74. The quantitative estimate of drug-likeness (QED) is 0.723. The van der Waals surface area contributed by atoms with E-state index in [4.69, 9.17) is 9.84 Å². The minimum atomic E-state index is 0.0399. The van der Waals surface area contributed by atoms with Crippen molar-refractivity contribution in [1.29, 1.82) is 0 Å². The fourth-order valence-electron chi connectivity index (χ4n) is 1.97. The lowest BCUT2D eigenvalue weighted by Gasteiger charge is -2.34. The van der Waals surface area contributed by atoms with E-state index in [-0.39, 0.29) is 12.7 Å². The molecule has 1 saturated heterocycles. The monoisotopic (exact) mass is 201 g/mol. The summed E-state index contributed by atoms with van der Waals surface area (Å²) in [5, 5.41) is 9.01. The van der Waals surface area contributed by atoms with Gasteiger partial charge >= 0.3 is 0 Å². The number of rotatable bonds is 5. The zero-order chi connectivity index (χ0) is 10.4. The predicted molar refractivity (Wildman–Crippen MR) is 57.3 cm³/mol. The number of morpholine rings is 1. The smallest absolute Gasteiger partial charge is 0.0932 e. The Labute approximate surface area is 87.1 Å². The minimum absolute atomic E-state index is 0.0399. The van der Waals surface area contributed by atoms with Gasteiger partial charge in [-0.15, -0.1) is 0 Å². The molecule has 1 heterocycles. The third-order valence-corrected chi connectivity index (χ3v) is 3.10. The van der Waals surface area contributed by atoms with Gasteiger partial charge in [0.15, 0.2) is 0 Å². The molecule has 0 bridgehead atoms. The molecule has 0 aromatic carbocycles. The number of hydrogen-bond donors (Lipinski definition) is 1. The van der Waals surface area contributed by atoms with Gasteiger partial charge in [0.05, 0.1) is 19.3 Å². The molecule has 84 valence electrons. The summed E-state index contributed by atoms with van der Waals surface area (Å²) in [5.74, 6) is 0.799. The summed E-state index contributed by atoms with van der Waals surface area (Å²) in [7, 11) is 0. The topological polar surface area (TPSA) is 32.7 Å². The Balaban J connectivity index is 2.29. The molecule has 0 amide bonds. The molecule has 1 rings (SSSR count). The van der Waals surface area contributed by atoms with Crippen LogP contribution in [-0.2, 0) is 4.74 Å². The summed E-state index contributed by atoms with van der Waals surface area (Å²) in [6.07, 6.45) is 2.54. The van der Waals surface area contributed by atoms with E-state index in [9.17, 15) is 0 Å². The van der Waals surface area contributed by atoms with E-state index in [0.29, 0.717) is 0 Å². The highest BCUT2D eigenvalue weighted by Crippen LogP contribution is 2.12. The van der Waals surface area contributed by atoms with E-state index < -0.39 is 0 Å². The van der Waals surface area contributed by atoms with E-state index in [1.165, 1.54) is 12.8 Å². The lowest BCUT2D eigenvalue weighted by molar-refractivity contribution is -0.0563. The van der Waals surface area contributed by atoms with Crippen LogP contribution >= 0.6 is 0 Å². The molecular weight excluding hydrogens is 178 g/mol. The van der Waals surface area contributed by atoms with Crippen LogP contribution in [0.3, 0.4) is 0 Å². The van der Waals surface area contributed by atoms with Crippen LogP contribution in [0.15, 0.2) is 0 Å². The highest BCUT2D eigenvalue weighted by Gasteiger charge is 2.20. The molecule has 1 aliphatic rings. The Morgan fingerprint density at radius 3 is 2.71 bits per heavy atom. The maximum absolute atomic E-state index is 9.01. The number of nitrogens with zero attached hydrogens (tertiary/aromatic N) is 1. The van der Waals surface area contributed by atoms with Crippen molar-refractivity contribution in [2.75, 3.05) is 32.8 Å². The van der Waals surface area contributed by atoms with Crippen LogP contribution < -0.4 is 0 Å². The van der Waals surface area contributed by atoms with E-state index in [0.717, 1.165) is 32.2 Å². The van der Waals surface area contributed by atoms with E-state index in [1.807, 2.05) is 0 Å². The van der Waals surface area contributed by atoms with Gasteiger partial charge in [-0.05, 0) is 5.92 Å². The molecule has 14 heavy (non-hydrogen) atoms. The average Bonchev–Trinajstić information content (AvgIpc) is 2.26. The van der Waals surface area contributed by atoms with E-state index in [2.05, 4.69) is 18.7 Å². The second kappa shape index (κ2) is 6.38. The van der Waals surface area contributed by atoms with Crippen LogP contribution in [0.5, 0.6) is 0 Å². The van der Waals surface area contributed by atoms with Gasteiger partial charge in [0.1, 0.15) is 0 Å². The van der Waals surface area contributed by atoms with Gasteiger partial charge in [0, 0.05) is 19.6 Å². The lowest BCUT2D eigenvalue weighted by Crippen LogP contribution is -2.45. The summed E-state index contributed by atoms with van der Waals surface area (Å²) < 4.78 is 5.41. The maximum Gasteiger partial charge on any atom is 0.0932 e. The average molecular weight is 201 g/mol. The predicted octanol–water partition coefficient (Wildman–Crippen LogP) is 1.12. The maximum atomic E-state index is 9.01. The van der Waals surface area contributed by atoms with Crippen molar-refractivity contribution in [3.63, 3.8) is 0 Å². The van der Waals surface area contributed by atoms with Crippen LogP contribution in [0.1, 0.15) is 26.7 Å². The summed E-state index contributed by atoms with van der Waals surface area (Å²) >= 11 is 0. The van der Waals surface area contributed by atoms with Crippen molar-refractivity contribution in [2.45, 2.75) is 32.8 Å². The first kappa shape index (κ1) is 12.0.